The van der Waals surface area contributed by atoms with Gasteiger partial charge in [0.15, 0.2) is 11.5 Å². The van der Waals surface area contributed by atoms with E-state index in [1.165, 1.54) is 13.2 Å². The molecule has 2 aromatic rings. The van der Waals surface area contributed by atoms with Crippen LogP contribution in [0.25, 0.3) is 6.08 Å². The Balaban J connectivity index is 1.89. The van der Waals surface area contributed by atoms with E-state index in [4.69, 9.17) is 14.2 Å². The Bertz CT molecular complexity index is 816. The van der Waals surface area contributed by atoms with Gasteiger partial charge in [0.2, 0.25) is 0 Å². The maximum atomic E-state index is 12.0. The van der Waals surface area contributed by atoms with Gasteiger partial charge in [-0.15, -0.1) is 0 Å². The monoisotopic (exact) mass is 370 g/mol. The van der Waals surface area contributed by atoms with Gasteiger partial charge in [0.1, 0.15) is 5.75 Å². The first-order valence-electron chi connectivity index (χ1n) is 8.30. The molecule has 142 valence electrons. The number of methoxy groups -OCH3 is 2. The normalized spacial score (nSPS) is 10.3. The summed E-state index contributed by atoms with van der Waals surface area (Å²) in [5, 5.41) is 0. The number of rotatable bonds is 7. The van der Waals surface area contributed by atoms with Crippen molar-refractivity contribution in [2.24, 2.45) is 0 Å². The van der Waals surface area contributed by atoms with Crippen LogP contribution < -0.4 is 25.1 Å². The predicted molar refractivity (Wildman–Crippen MR) is 102 cm³/mol. The Morgan fingerprint density at radius 1 is 0.963 bits per heavy atom. The molecule has 0 aliphatic carbocycles. The lowest BCUT2D eigenvalue weighted by molar-refractivity contribution is -0.117. The van der Waals surface area contributed by atoms with Crippen molar-refractivity contribution in [2.75, 3.05) is 20.8 Å². The number of ether oxygens (including phenoxy) is 3. The standard InChI is InChI=1S/C20H22N2O5/c1-4-27-16-9-7-15(8-10-16)20(24)22-21-19(23)12-6-14-5-11-17(25-2)18(13-14)26-3/h5-13H,4H2,1-3H3,(H,21,23)(H,22,24)/b12-6+. The Kier molecular flexibility index (Phi) is 7.25. The molecule has 0 atom stereocenters. The summed E-state index contributed by atoms with van der Waals surface area (Å²) in [4.78, 5) is 23.9. The van der Waals surface area contributed by atoms with Crippen LogP contribution in [0.1, 0.15) is 22.8 Å². The van der Waals surface area contributed by atoms with Crippen LogP contribution in [0.5, 0.6) is 17.2 Å². The number of carbonyl (C=O) groups excluding carboxylic acids is 2. The highest BCUT2D eigenvalue weighted by molar-refractivity contribution is 5.98. The van der Waals surface area contributed by atoms with Crippen molar-refractivity contribution in [1.82, 2.24) is 10.9 Å². The Morgan fingerprint density at radius 3 is 2.30 bits per heavy atom. The van der Waals surface area contributed by atoms with Gasteiger partial charge in [-0.05, 0) is 55.0 Å². The molecule has 2 amide bonds. The van der Waals surface area contributed by atoms with E-state index in [2.05, 4.69) is 10.9 Å². The van der Waals surface area contributed by atoms with Crippen LogP contribution in [-0.4, -0.2) is 32.6 Å². The molecule has 0 bridgehead atoms. The molecule has 7 nitrogen and oxygen atoms in total. The highest BCUT2D eigenvalue weighted by Gasteiger charge is 2.07. The van der Waals surface area contributed by atoms with Crippen LogP contribution >= 0.6 is 0 Å². The number of hydrogen-bond donors (Lipinski definition) is 2. The topological polar surface area (TPSA) is 85.9 Å². The van der Waals surface area contributed by atoms with Crippen molar-refractivity contribution in [2.45, 2.75) is 6.92 Å². The molecular weight excluding hydrogens is 348 g/mol. The van der Waals surface area contributed by atoms with E-state index in [1.54, 1.807) is 55.7 Å². The van der Waals surface area contributed by atoms with E-state index in [9.17, 15) is 9.59 Å². The summed E-state index contributed by atoms with van der Waals surface area (Å²) in [6.45, 7) is 2.43. The zero-order chi connectivity index (χ0) is 19.6. The molecular formula is C20H22N2O5. The largest absolute Gasteiger partial charge is 0.494 e. The van der Waals surface area contributed by atoms with Crippen LogP contribution in [0.15, 0.2) is 48.5 Å². The molecule has 0 aliphatic heterocycles. The average molecular weight is 370 g/mol. The molecule has 2 aromatic carbocycles. The lowest BCUT2D eigenvalue weighted by Gasteiger charge is -2.08. The third kappa shape index (κ3) is 5.78. The second-order valence-electron chi connectivity index (χ2n) is 5.35. The van der Waals surface area contributed by atoms with Gasteiger partial charge in [0.05, 0.1) is 20.8 Å². The highest BCUT2D eigenvalue weighted by Crippen LogP contribution is 2.27. The van der Waals surface area contributed by atoms with Crippen molar-refractivity contribution in [3.8, 4) is 17.2 Å². The Hall–Kier alpha value is -3.48. The van der Waals surface area contributed by atoms with Crippen LogP contribution in [0.2, 0.25) is 0 Å². The van der Waals surface area contributed by atoms with Gasteiger partial charge in [-0.3, -0.25) is 20.4 Å². The smallest absolute Gasteiger partial charge is 0.269 e. The summed E-state index contributed by atoms with van der Waals surface area (Å²) in [5.74, 6) is 0.941. The van der Waals surface area contributed by atoms with Crippen LogP contribution in [-0.2, 0) is 4.79 Å². The molecule has 0 saturated carbocycles. The van der Waals surface area contributed by atoms with Gasteiger partial charge < -0.3 is 14.2 Å². The molecule has 2 rings (SSSR count). The number of carbonyl (C=O) groups is 2. The van der Waals surface area contributed by atoms with Crippen molar-refractivity contribution in [3.05, 3.63) is 59.7 Å². The molecule has 0 heterocycles. The number of benzene rings is 2. The first-order valence-corrected chi connectivity index (χ1v) is 8.30. The minimum atomic E-state index is -0.468. The maximum absolute atomic E-state index is 12.0. The van der Waals surface area contributed by atoms with E-state index < -0.39 is 11.8 Å². The van der Waals surface area contributed by atoms with E-state index in [1.807, 2.05) is 6.92 Å². The summed E-state index contributed by atoms with van der Waals surface area (Å²) in [7, 11) is 3.09. The lowest BCUT2D eigenvalue weighted by atomic mass is 10.2. The third-order valence-corrected chi connectivity index (χ3v) is 3.56. The maximum Gasteiger partial charge on any atom is 0.269 e. The Labute approximate surface area is 157 Å². The molecule has 0 aromatic heterocycles. The second kappa shape index (κ2) is 9.86. The molecule has 0 fully saturated rings. The van der Waals surface area contributed by atoms with Gasteiger partial charge in [-0.25, -0.2) is 0 Å². The number of nitrogens with one attached hydrogen (secondary N) is 2. The molecule has 27 heavy (non-hydrogen) atoms. The fourth-order valence-electron chi connectivity index (χ4n) is 2.23. The van der Waals surface area contributed by atoms with Crippen molar-refractivity contribution in [3.63, 3.8) is 0 Å². The van der Waals surface area contributed by atoms with Crippen molar-refractivity contribution >= 4 is 17.9 Å². The summed E-state index contributed by atoms with van der Waals surface area (Å²) in [5.41, 5.74) is 5.84. The summed E-state index contributed by atoms with van der Waals surface area (Å²) in [6.07, 6.45) is 2.90. The summed E-state index contributed by atoms with van der Waals surface area (Å²) >= 11 is 0. The van der Waals surface area contributed by atoms with Gasteiger partial charge >= 0.3 is 0 Å². The zero-order valence-corrected chi connectivity index (χ0v) is 15.4. The van der Waals surface area contributed by atoms with Crippen LogP contribution in [0, 0.1) is 0 Å². The van der Waals surface area contributed by atoms with E-state index in [0.29, 0.717) is 29.4 Å². The molecule has 0 unspecified atom stereocenters. The second-order valence-corrected chi connectivity index (χ2v) is 5.35. The molecule has 0 radical (unpaired) electrons. The first-order chi connectivity index (χ1) is 13.1. The van der Waals surface area contributed by atoms with E-state index in [-0.39, 0.29) is 0 Å². The number of amides is 2. The molecule has 0 spiro atoms. The van der Waals surface area contributed by atoms with Gasteiger partial charge in [0.25, 0.3) is 11.8 Å². The Morgan fingerprint density at radius 2 is 1.67 bits per heavy atom. The molecule has 7 heteroatoms. The molecule has 0 aliphatic rings. The van der Waals surface area contributed by atoms with Crippen molar-refractivity contribution < 1.29 is 23.8 Å². The van der Waals surface area contributed by atoms with E-state index >= 15 is 0 Å². The minimum absolute atomic E-state index is 0.405. The predicted octanol–water partition coefficient (Wildman–Crippen LogP) is 2.58. The number of hydrogen-bond acceptors (Lipinski definition) is 5. The quantitative estimate of drug-likeness (QED) is 0.578. The van der Waals surface area contributed by atoms with Gasteiger partial charge in [-0.2, -0.15) is 0 Å². The lowest BCUT2D eigenvalue weighted by Crippen LogP contribution is -2.40. The van der Waals surface area contributed by atoms with E-state index in [0.717, 1.165) is 5.56 Å². The molecule has 2 N–H and O–H groups in total. The zero-order valence-electron chi connectivity index (χ0n) is 15.4. The minimum Gasteiger partial charge on any atom is -0.494 e. The fraction of sp³-hybridized carbons (Fsp3) is 0.200. The number of hydrazine groups is 1. The highest BCUT2D eigenvalue weighted by atomic mass is 16.5. The first kappa shape index (κ1) is 19.8. The molecule has 0 saturated heterocycles. The SMILES string of the molecule is CCOc1ccc(C(=O)NNC(=O)/C=C/c2ccc(OC)c(OC)c2)cc1. The van der Waals surface area contributed by atoms with Crippen LogP contribution in [0.4, 0.5) is 0 Å². The fourth-order valence-corrected chi connectivity index (χ4v) is 2.23. The van der Waals surface area contributed by atoms with Crippen molar-refractivity contribution in [1.29, 1.82) is 0 Å². The van der Waals surface area contributed by atoms with Gasteiger partial charge in [-0.1, -0.05) is 6.07 Å². The summed E-state index contributed by atoms with van der Waals surface area (Å²) < 4.78 is 15.7. The third-order valence-electron chi connectivity index (χ3n) is 3.56. The average Bonchev–Trinajstić information content (AvgIpc) is 2.71. The summed E-state index contributed by atoms with van der Waals surface area (Å²) in [6, 6.07) is 11.9. The van der Waals surface area contributed by atoms with Gasteiger partial charge in [0, 0.05) is 11.6 Å². The van der Waals surface area contributed by atoms with Crippen LogP contribution in [0.3, 0.4) is 0 Å².